The summed E-state index contributed by atoms with van der Waals surface area (Å²) < 4.78 is 0. The molecule has 1 aromatic rings. The number of rotatable bonds is 4. The standard InChI is InChI=1S/C11H14NO.HI.Zn/c1-2-6-11(13)12-9-10-7-4-3-5-8-10;;/h3-5,7-8H,1-2,6,9H2,(H,12,13);1H;/q-1;;+2/p-1. The minimum absolute atomic E-state index is 0.0684. The molecule has 4 heteroatoms. The molecule has 0 unspecified atom stereocenters. The summed E-state index contributed by atoms with van der Waals surface area (Å²) in [6.07, 6.45) is 1.16. The number of nitrogens with one attached hydrogen (secondary N) is 1. The molecule has 0 aromatic heterocycles. The second-order valence-electron chi connectivity index (χ2n) is 2.87. The van der Waals surface area contributed by atoms with E-state index in [1.165, 1.54) is 14.8 Å². The molecule has 0 aliphatic rings. The second kappa shape index (κ2) is 10.6. The maximum atomic E-state index is 11.1. The molecule has 78 valence electrons. The molecule has 0 bridgehead atoms. The summed E-state index contributed by atoms with van der Waals surface area (Å²) in [4.78, 5) is 11.1. The molecular weight excluding hydrogens is 354 g/mol. The SMILES string of the molecule is [CH2-]CCC(=O)NCc1ccccc1.[Zn+][I]. The van der Waals surface area contributed by atoms with E-state index in [0.717, 1.165) is 5.56 Å². The first kappa shape index (κ1) is 15.0. The van der Waals surface area contributed by atoms with Gasteiger partial charge in [-0.2, -0.15) is 6.42 Å². The molecular formula is C11H14INOZn. The van der Waals surface area contributed by atoms with E-state index in [0.29, 0.717) is 19.4 Å². The van der Waals surface area contributed by atoms with Crippen LogP contribution in [-0.4, -0.2) is 5.91 Å². The monoisotopic (exact) mass is 367 g/mol. The fraction of sp³-hybridized carbons (Fsp3) is 0.273. The Hall–Kier alpha value is 0.0434. The first-order chi connectivity index (χ1) is 7.33. The molecule has 1 N–H and O–H groups in total. The zero-order valence-electron chi connectivity index (χ0n) is 8.71. The minimum atomic E-state index is 0.0684. The third kappa shape index (κ3) is 7.91. The third-order valence-corrected chi connectivity index (χ3v) is 1.74. The molecule has 0 aliphatic heterocycles. The van der Waals surface area contributed by atoms with Gasteiger partial charge >= 0.3 is 34.5 Å². The van der Waals surface area contributed by atoms with Crippen molar-refractivity contribution >= 4 is 25.7 Å². The van der Waals surface area contributed by atoms with Gasteiger partial charge in [-0.05, 0) is 12.0 Å². The average molecular weight is 369 g/mol. The summed E-state index contributed by atoms with van der Waals surface area (Å²) in [7, 11) is 0. The van der Waals surface area contributed by atoms with Crippen LogP contribution in [0.3, 0.4) is 0 Å². The molecule has 0 aliphatic carbocycles. The molecule has 15 heavy (non-hydrogen) atoms. The van der Waals surface area contributed by atoms with E-state index in [4.69, 9.17) is 0 Å². The van der Waals surface area contributed by atoms with E-state index >= 15 is 0 Å². The predicted molar refractivity (Wildman–Crippen MR) is 66.9 cm³/mol. The van der Waals surface area contributed by atoms with Crippen molar-refractivity contribution in [3.63, 3.8) is 0 Å². The zero-order chi connectivity index (χ0) is 11.5. The molecule has 0 saturated heterocycles. The van der Waals surface area contributed by atoms with Gasteiger partial charge in [0, 0.05) is 6.54 Å². The summed E-state index contributed by atoms with van der Waals surface area (Å²) in [5.41, 5.74) is 1.12. The Bertz CT molecular complexity index is 267. The van der Waals surface area contributed by atoms with Gasteiger partial charge < -0.3 is 12.2 Å². The number of carbonyl (C=O) groups excluding carboxylic acids is 1. The van der Waals surface area contributed by atoms with E-state index in [2.05, 4.69) is 32.0 Å². The Morgan fingerprint density at radius 1 is 1.33 bits per heavy atom. The van der Waals surface area contributed by atoms with Crippen LogP contribution in [0.2, 0.25) is 0 Å². The van der Waals surface area contributed by atoms with Crippen LogP contribution in [-0.2, 0) is 26.1 Å². The summed E-state index contributed by atoms with van der Waals surface area (Å²) in [6.45, 7) is 4.23. The van der Waals surface area contributed by atoms with Crippen LogP contribution in [0.1, 0.15) is 18.4 Å². The molecule has 2 nitrogen and oxygen atoms in total. The van der Waals surface area contributed by atoms with Gasteiger partial charge in [0.15, 0.2) is 0 Å². The average Bonchev–Trinajstić information content (AvgIpc) is 2.31. The van der Waals surface area contributed by atoms with Crippen molar-refractivity contribution in [2.45, 2.75) is 19.4 Å². The predicted octanol–water partition coefficient (Wildman–Crippen LogP) is 2.80. The summed E-state index contributed by atoms with van der Waals surface area (Å²) >= 11 is 3.62. The van der Waals surface area contributed by atoms with Gasteiger partial charge in [-0.3, -0.25) is 4.79 Å². The Labute approximate surface area is 112 Å². The van der Waals surface area contributed by atoms with E-state index in [9.17, 15) is 4.79 Å². The van der Waals surface area contributed by atoms with Crippen LogP contribution in [0.25, 0.3) is 0 Å². The van der Waals surface area contributed by atoms with Gasteiger partial charge in [0.05, 0.1) is 0 Å². The van der Waals surface area contributed by atoms with Crippen molar-refractivity contribution in [3.8, 4) is 0 Å². The number of benzene rings is 1. The zero-order valence-corrected chi connectivity index (χ0v) is 13.8. The molecule has 1 amide bonds. The van der Waals surface area contributed by atoms with E-state index < -0.39 is 0 Å². The van der Waals surface area contributed by atoms with Crippen LogP contribution >= 0.6 is 19.8 Å². The van der Waals surface area contributed by atoms with Gasteiger partial charge in [0.25, 0.3) is 0 Å². The van der Waals surface area contributed by atoms with Crippen molar-refractivity contribution in [1.29, 1.82) is 0 Å². The molecule has 0 heterocycles. The van der Waals surface area contributed by atoms with Crippen LogP contribution < -0.4 is 5.32 Å². The topological polar surface area (TPSA) is 29.1 Å². The number of carbonyl (C=O) groups is 1. The maximum absolute atomic E-state index is 11.1. The Morgan fingerprint density at radius 2 is 1.93 bits per heavy atom. The fourth-order valence-electron chi connectivity index (χ4n) is 1.05. The van der Waals surface area contributed by atoms with Crippen molar-refractivity contribution in [2.75, 3.05) is 0 Å². The quantitative estimate of drug-likeness (QED) is 0.494. The molecule has 0 atom stereocenters. The van der Waals surface area contributed by atoms with Crippen molar-refractivity contribution in [2.24, 2.45) is 0 Å². The van der Waals surface area contributed by atoms with Crippen molar-refractivity contribution in [1.82, 2.24) is 5.32 Å². The Morgan fingerprint density at radius 3 is 2.47 bits per heavy atom. The van der Waals surface area contributed by atoms with Crippen LogP contribution in [0.4, 0.5) is 0 Å². The Kier molecular flexibility index (Phi) is 10.6. The first-order valence-electron chi connectivity index (χ1n) is 4.69. The molecule has 0 fully saturated rings. The van der Waals surface area contributed by atoms with Crippen molar-refractivity contribution < 1.29 is 19.6 Å². The van der Waals surface area contributed by atoms with Gasteiger partial charge in [-0.1, -0.05) is 30.3 Å². The van der Waals surface area contributed by atoms with Crippen molar-refractivity contribution in [3.05, 3.63) is 42.8 Å². The normalized spacial score (nSPS) is 8.80. The van der Waals surface area contributed by atoms with E-state index in [1.54, 1.807) is 0 Å². The first-order valence-corrected chi connectivity index (χ1v) is 13.7. The van der Waals surface area contributed by atoms with Gasteiger partial charge in [-0.15, -0.1) is 0 Å². The number of amides is 1. The van der Waals surface area contributed by atoms with Gasteiger partial charge in [-0.25, -0.2) is 0 Å². The van der Waals surface area contributed by atoms with E-state index in [-0.39, 0.29) is 5.91 Å². The third-order valence-electron chi connectivity index (χ3n) is 1.74. The van der Waals surface area contributed by atoms with Crippen LogP contribution in [0.15, 0.2) is 30.3 Å². The number of hydrogen-bond donors (Lipinski definition) is 1. The summed E-state index contributed by atoms with van der Waals surface area (Å²) in [5, 5.41) is 2.82. The summed E-state index contributed by atoms with van der Waals surface area (Å²) in [5.74, 6) is 0.0684. The van der Waals surface area contributed by atoms with Gasteiger partial charge in [0.2, 0.25) is 5.91 Å². The molecule has 0 radical (unpaired) electrons. The van der Waals surface area contributed by atoms with Crippen LogP contribution in [0, 0.1) is 6.92 Å². The van der Waals surface area contributed by atoms with Crippen LogP contribution in [0.5, 0.6) is 0 Å². The molecule has 1 rings (SSSR count). The summed E-state index contributed by atoms with van der Waals surface area (Å²) in [6, 6.07) is 9.86. The molecule has 0 saturated carbocycles. The van der Waals surface area contributed by atoms with Gasteiger partial charge in [0.1, 0.15) is 0 Å². The Balaban J connectivity index is 0.000000921. The molecule has 0 spiro atoms. The second-order valence-corrected chi connectivity index (χ2v) is 2.87. The number of halogens is 1. The molecule has 1 aromatic carbocycles. The fourth-order valence-corrected chi connectivity index (χ4v) is 1.05. The van der Waals surface area contributed by atoms with E-state index in [1.807, 2.05) is 30.3 Å². The number of hydrogen-bond acceptors (Lipinski definition) is 1.